The number of hydrogen-bond acceptors (Lipinski definition) is 12. The summed E-state index contributed by atoms with van der Waals surface area (Å²) in [5.41, 5.74) is 1.10. The van der Waals surface area contributed by atoms with Gasteiger partial charge < -0.3 is 57.6 Å². The highest BCUT2D eigenvalue weighted by atomic mass is 16.6. The lowest BCUT2D eigenvalue weighted by Crippen LogP contribution is -2.15. The Morgan fingerprint density at radius 2 is 0.652 bits per heavy atom. The van der Waals surface area contributed by atoms with Crippen molar-refractivity contribution in [3.05, 3.63) is 59.7 Å². The van der Waals surface area contributed by atoms with Crippen LogP contribution in [0.3, 0.4) is 0 Å². The number of fused-ring (bicyclic) bond motifs is 26. The first kappa shape index (κ1) is 35.7. The first-order valence-electron chi connectivity index (χ1n) is 15.7. The number of aliphatic hydroxyl groups excluding tert-OH is 2. The predicted molar refractivity (Wildman–Crippen MR) is 169 cm³/mol. The van der Waals surface area contributed by atoms with E-state index in [1.807, 2.05) is 36.4 Å². The normalized spacial score (nSPS) is 18.0. The third kappa shape index (κ3) is 12.2. The average Bonchev–Trinajstić information content (AvgIpc) is 3.08. The fourth-order valence-corrected chi connectivity index (χ4v) is 4.59. The van der Waals surface area contributed by atoms with Crippen molar-refractivity contribution in [3.63, 3.8) is 0 Å². The lowest BCUT2D eigenvalue weighted by Gasteiger charge is -2.16. The van der Waals surface area contributed by atoms with Gasteiger partial charge >= 0.3 is 0 Å². The highest BCUT2D eigenvalue weighted by Crippen LogP contribution is 2.32. The molecule has 12 heteroatoms. The molecule has 0 saturated carbocycles. The number of aliphatic hydroxyl groups is 2. The Morgan fingerprint density at radius 1 is 0.370 bits per heavy atom. The van der Waals surface area contributed by atoms with Gasteiger partial charge in [-0.15, -0.1) is 0 Å². The van der Waals surface area contributed by atoms with Gasteiger partial charge in [0.25, 0.3) is 0 Å². The van der Waals surface area contributed by atoms with Gasteiger partial charge in [-0.05, 0) is 24.3 Å². The van der Waals surface area contributed by atoms with Gasteiger partial charge in [0.05, 0.1) is 92.5 Å². The van der Waals surface area contributed by atoms with Gasteiger partial charge in [-0.25, -0.2) is 0 Å². The van der Waals surface area contributed by atoms with Crippen LogP contribution in [-0.2, 0) is 41.6 Å². The SMILES string of the molecule is OCc1cc2c(CO)cc1OCCOCCOCCOCCOc1cccc3c(cccc13)OCCOCCOCCOCCO2. The van der Waals surface area contributed by atoms with Crippen LogP contribution in [0.2, 0.25) is 0 Å². The molecule has 0 radical (unpaired) electrons. The molecular formula is C34H46O12. The topological polar surface area (TPSA) is 133 Å². The summed E-state index contributed by atoms with van der Waals surface area (Å²) in [6.07, 6.45) is 0. The molecule has 46 heavy (non-hydrogen) atoms. The third-order valence-corrected chi connectivity index (χ3v) is 6.86. The molecule has 3 aromatic carbocycles. The summed E-state index contributed by atoms with van der Waals surface area (Å²) in [7, 11) is 0. The summed E-state index contributed by atoms with van der Waals surface area (Å²) in [5, 5.41) is 21.6. The molecule has 2 N–H and O–H groups in total. The van der Waals surface area contributed by atoms with E-state index >= 15 is 0 Å². The van der Waals surface area contributed by atoms with Crippen molar-refractivity contribution in [2.45, 2.75) is 13.2 Å². The van der Waals surface area contributed by atoms with Crippen LogP contribution in [0.15, 0.2) is 48.5 Å². The minimum atomic E-state index is -0.242. The zero-order chi connectivity index (χ0) is 32.1. The number of rotatable bonds is 2. The molecule has 0 spiro atoms. The van der Waals surface area contributed by atoms with E-state index in [0.29, 0.717) is 115 Å². The van der Waals surface area contributed by atoms with Gasteiger partial charge in [0.2, 0.25) is 0 Å². The summed E-state index contributed by atoms with van der Waals surface area (Å²) in [6, 6.07) is 15.1. The minimum Gasteiger partial charge on any atom is -0.491 e. The van der Waals surface area contributed by atoms with Crippen molar-refractivity contribution < 1.29 is 57.6 Å². The first-order chi connectivity index (χ1) is 22.8. The largest absolute Gasteiger partial charge is 0.491 e. The van der Waals surface area contributed by atoms with E-state index in [2.05, 4.69) is 0 Å². The second kappa shape index (κ2) is 21.6. The number of ether oxygens (including phenoxy) is 10. The van der Waals surface area contributed by atoms with Gasteiger partial charge in [0, 0.05) is 21.9 Å². The number of hydrogen-bond donors (Lipinski definition) is 2. The Balaban J connectivity index is 1.25. The summed E-state index contributed by atoms with van der Waals surface area (Å²) in [6.45, 7) is 5.83. The maximum Gasteiger partial charge on any atom is 0.127 e. The molecule has 0 amide bonds. The van der Waals surface area contributed by atoms with Gasteiger partial charge in [0.15, 0.2) is 0 Å². The van der Waals surface area contributed by atoms with Crippen molar-refractivity contribution in [2.24, 2.45) is 0 Å². The molecule has 0 aromatic heterocycles. The highest BCUT2D eigenvalue weighted by Gasteiger charge is 2.12. The Bertz CT molecular complexity index is 1170. The van der Waals surface area contributed by atoms with E-state index < -0.39 is 0 Å². The molecule has 254 valence electrons. The van der Waals surface area contributed by atoms with Crippen LogP contribution in [0.5, 0.6) is 23.0 Å². The van der Waals surface area contributed by atoms with Crippen molar-refractivity contribution in [3.8, 4) is 23.0 Å². The van der Waals surface area contributed by atoms with E-state index in [4.69, 9.17) is 47.4 Å². The molecule has 12 nitrogen and oxygen atoms in total. The molecule has 0 unspecified atom stereocenters. The smallest absolute Gasteiger partial charge is 0.127 e. The van der Waals surface area contributed by atoms with Gasteiger partial charge in [-0.3, -0.25) is 0 Å². The monoisotopic (exact) mass is 646 g/mol. The summed E-state index contributed by atoms with van der Waals surface area (Å²) in [5.74, 6) is 2.47. The predicted octanol–water partition coefficient (Wildman–Crippen LogP) is 3.15. The summed E-state index contributed by atoms with van der Waals surface area (Å²) < 4.78 is 57.2. The molecule has 0 atom stereocenters. The van der Waals surface area contributed by atoms with Crippen LogP contribution in [0.1, 0.15) is 11.1 Å². The summed E-state index contributed by atoms with van der Waals surface area (Å²) >= 11 is 0. The van der Waals surface area contributed by atoms with Gasteiger partial charge in [0.1, 0.15) is 49.4 Å². The van der Waals surface area contributed by atoms with Crippen LogP contribution in [0, 0.1) is 0 Å². The first-order valence-corrected chi connectivity index (χ1v) is 15.7. The Kier molecular flexibility index (Phi) is 16.7. The van der Waals surface area contributed by atoms with E-state index in [9.17, 15) is 10.2 Å². The van der Waals surface area contributed by atoms with Crippen LogP contribution < -0.4 is 18.9 Å². The third-order valence-electron chi connectivity index (χ3n) is 6.86. The lowest BCUT2D eigenvalue weighted by atomic mass is 10.1. The van der Waals surface area contributed by atoms with Gasteiger partial charge in [-0.2, -0.15) is 0 Å². The summed E-state index contributed by atoms with van der Waals surface area (Å²) in [4.78, 5) is 0. The molecule has 6 bridgehead atoms. The standard InChI is InChI=1S/C34H46O12/c35-25-27-24-34-28(26-36)23-33(27)45-21-17-41-13-9-37-7-11-39-15-19-43-31-5-1-3-29-30(31)4-2-6-32(29)44-20-16-40-12-8-38-10-14-42-18-22-46-34/h1-6,23-24,35-36H,7-22,25-26H2. The molecule has 0 saturated heterocycles. The van der Waals surface area contributed by atoms with Crippen LogP contribution in [0.25, 0.3) is 10.8 Å². The molecule has 2 heterocycles. The molecule has 0 fully saturated rings. The second-order valence-electron chi connectivity index (χ2n) is 10.1. The fourth-order valence-electron chi connectivity index (χ4n) is 4.59. The van der Waals surface area contributed by atoms with E-state index in [1.54, 1.807) is 12.1 Å². The van der Waals surface area contributed by atoms with Crippen molar-refractivity contribution in [1.82, 2.24) is 0 Å². The Hall–Kier alpha value is -3.20. The molecule has 0 aliphatic carbocycles. The fraction of sp³-hybridized carbons (Fsp3) is 0.529. The van der Waals surface area contributed by atoms with E-state index in [0.717, 1.165) is 22.3 Å². The lowest BCUT2D eigenvalue weighted by molar-refractivity contribution is 0.00470. The molecular weight excluding hydrogens is 600 g/mol. The van der Waals surface area contributed by atoms with Crippen molar-refractivity contribution >= 4 is 10.8 Å². The Morgan fingerprint density at radius 3 is 0.957 bits per heavy atom. The van der Waals surface area contributed by atoms with Crippen LogP contribution >= 0.6 is 0 Å². The second-order valence-corrected chi connectivity index (χ2v) is 10.1. The maximum absolute atomic E-state index is 9.84. The van der Waals surface area contributed by atoms with Crippen LogP contribution in [-0.4, -0.2) is 116 Å². The number of benzene rings is 3. The van der Waals surface area contributed by atoms with Crippen LogP contribution in [0.4, 0.5) is 0 Å². The highest BCUT2D eigenvalue weighted by molar-refractivity contribution is 5.93. The van der Waals surface area contributed by atoms with Crippen molar-refractivity contribution in [1.29, 1.82) is 0 Å². The molecule has 2 aliphatic heterocycles. The zero-order valence-electron chi connectivity index (χ0n) is 26.3. The molecule has 5 rings (SSSR count). The Labute approximate surface area is 269 Å². The molecule has 3 aromatic rings. The van der Waals surface area contributed by atoms with E-state index in [1.165, 1.54) is 0 Å². The maximum atomic E-state index is 9.84. The average molecular weight is 647 g/mol. The van der Waals surface area contributed by atoms with Crippen molar-refractivity contribution in [2.75, 3.05) is 106 Å². The van der Waals surface area contributed by atoms with Gasteiger partial charge in [-0.1, -0.05) is 24.3 Å². The quantitative estimate of drug-likeness (QED) is 0.397. The van der Waals surface area contributed by atoms with E-state index in [-0.39, 0.29) is 26.4 Å². The molecule has 2 aliphatic rings. The minimum absolute atomic E-state index is 0.242. The zero-order valence-corrected chi connectivity index (χ0v) is 26.3.